The van der Waals surface area contributed by atoms with Crippen LogP contribution in [0.1, 0.15) is 18.7 Å². The molecule has 0 aliphatic carbocycles. The lowest BCUT2D eigenvalue weighted by Crippen LogP contribution is -2.30. The van der Waals surface area contributed by atoms with Crippen molar-refractivity contribution in [1.29, 1.82) is 0 Å². The zero-order valence-electron chi connectivity index (χ0n) is 14.0. The summed E-state index contributed by atoms with van der Waals surface area (Å²) < 4.78 is 9.76. The van der Waals surface area contributed by atoms with Crippen molar-refractivity contribution < 1.29 is 19.1 Å². The van der Waals surface area contributed by atoms with E-state index in [4.69, 9.17) is 9.47 Å². The lowest BCUT2D eigenvalue weighted by atomic mass is 10.2. The van der Waals surface area contributed by atoms with E-state index in [1.54, 1.807) is 31.4 Å². The Morgan fingerprint density at radius 3 is 2.88 bits per heavy atom. The number of esters is 1. The second-order valence-electron chi connectivity index (χ2n) is 5.39. The van der Waals surface area contributed by atoms with E-state index in [2.05, 4.69) is 15.3 Å². The highest BCUT2D eigenvalue weighted by Crippen LogP contribution is 2.06. The molecule has 0 fully saturated rings. The van der Waals surface area contributed by atoms with Crippen molar-refractivity contribution in [3.63, 3.8) is 0 Å². The lowest BCUT2D eigenvalue weighted by molar-refractivity contribution is -0.148. The van der Waals surface area contributed by atoms with Gasteiger partial charge in [-0.2, -0.15) is 0 Å². The number of rotatable bonds is 9. The van der Waals surface area contributed by atoms with Crippen LogP contribution < -0.4 is 10.9 Å². The number of H-pyrrole nitrogens is 1. The molecular formula is C17H21N3O5. The number of carbonyl (C=O) groups is 2. The number of carbonyl (C=O) groups excluding carboxylic acids is 2. The van der Waals surface area contributed by atoms with Crippen LogP contribution in [0.3, 0.4) is 0 Å². The quantitative estimate of drug-likeness (QED) is 0.506. The van der Waals surface area contributed by atoms with Crippen LogP contribution in [-0.2, 0) is 25.5 Å². The van der Waals surface area contributed by atoms with Gasteiger partial charge in [0, 0.05) is 26.7 Å². The molecule has 8 heteroatoms. The maximum Gasteiger partial charge on any atom is 0.306 e. The average Bonchev–Trinajstić information content (AvgIpc) is 2.62. The van der Waals surface area contributed by atoms with Gasteiger partial charge in [-0.05, 0) is 18.6 Å². The van der Waals surface area contributed by atoms with Crippen molar-refractivity contribution in [2.24, 2.45) is 0 Å². The van der Waals surface area contributed by atoms with Crippen molar-refractivity contribution in [3.8, 4) is 0 Å². The van der Waals surface area contributed by atoms with Gasteiger partial charge < -0.3 is 19.8 Å². The summed E-state index contributed by atoms with van der Waals surface area (Å²) >= 11 is 0. The predicted molar refractivity (Wildman–Crippen MR) is 91.1 cm³/mol. The number of para-hydroxylation sites is 1. The minimum Gasteiger partial charge on any atom is -0.456 e. The average molecular weight is 347 g/mol. The minimum atomic E-state index is -0.525. The van der Waals surface area contributed by atoms with Crippen molar-refractivity contribution in [2.75, 3.05) is 26.9 Å². The Hall–Kier alpha value is -2.74. The highest BCUT2D eigenvalue weighted by molar-refractivity contribution is 5.80. The zero-order chi connectivity index (χ0) is 18.1. The maximum absolute atomic E-state index is 11.9. The summed E-state index contributed by atoms with van der Waals surface area (Å²) in [6.07, 6.45) is 0.948. The van der Waals surface area contributed by atoms with E-state index < -0.39 is 5.97 Å². The van der Waals surface area contributed by atoms with E-state index in [1.807, 2.05) is 0 Å². The van der Waals surface area contributed by atoms with Crippen LogP contribution in [0.2, 0.25) is 0 Å². The summed E-state index contributed by atoms with van der Waals surface area (Å²) in [5.41, 5.74) is 0.328. The summed E-state index contributed by atoms with van der Waals surface area (Å²) in [6.45, 7) is 0.691. The van der Waals surface area contributed by atoms with E-state index in [-0.39, 0.29) is 30.9 Å². The number of aromatic nitrogens is 2. The molecule has 0 atom stereocenters. The van der Waals surface area contributed by atoms with Gasteiger partial charge in [0.25, 0.3) is 11.5 Å². The molecule has 2 rings (SSSR count). The summed E-state index contributed by atoms with van der Waals surface area (Å²) in [5, 5.41) is 3.12. The van der Waals surface area contributed by atoms with Crippen molar-refractivity contribution in [1.82, 2.24) is 15.3 Å². The molecule has 134 valence electrons. The molecular weight excluding hydrogens is 326 g/mol. The molecule has 0 aliphatic heterocycles. The number of nitrogens with zero attached hydrogens (tertiary/aromatic N) is 1. The molecule has 0 unspecified atom stereocenters. The minimum absolute atomic E-state index is 0.0260. The van der Waals surface area contributed by atoms with Crippen LogP contribution in [0.25, 0.3) is 10.9 Å². The van der Waals surface area contributed by atoms with Crippen LogP contribution in [0.4, 0.5) is 0 Å². The lowest BCUT2D eigenvalue weighted by Gasteiger charge is -2.06. The molecule has 2 N–H and O–H groups in total. The molecule has 1 aromatic heterocycles. The molecule has 0 bridgehead atoms. The number of benzene rings is 1. The Bertz CT molecular complexity index is 787. The van der Waals surface area contributed by atoms with Crippen molar-refractivity contribution >= 4 is 22.8 Å². The third kappa shape index (κ3) is 6.00. The fourth-order valence-corrected chi connectivity index (χ4v) is 2.19. The fourth-order valence-electron chi connectivity index (χ4n) is 2.19. The van der Waals surface area contributed by atoms with E-state index >= 15 is 0 Å². The van der Waals surface area contributed by atoms with Gasteiger partial charge in [0.1, 0.15) is 5.82 Å². The van der Waals surface area contributed by atoms with E-state index in [1.165, 1.54) is 0 Å². The van der Waals surface area contributed by atoms with Crippen LogP contribution in [-0.4, -0.2) is 48.7 Å². The van der Waals surface area contributed by atoms with E-state index in [0.717, 1.165) is 0 Å². The summed E-state index contributed by atoms with van der Waals surface area (Å²) in [5.74, 6) is -0.478. The molecule has 1 aromatic carbocycles. The number of amides is 1. The van der Waals surface area contributed by atoms with Crippen LogP contribution in [0, 0.1) is 0 Å². The molecule has 0 radical (unpaired) electrons. The standard InChI is InChI=1S/C17H21N3O5/c1-24-10-4-9-18-15(21)11-25-16(22)8-7-14-19-13-6-3-2-5-12(13)17(23)20-14/h2-3,5-6H,4,7-11H2,1H3,(H,18,21)(H,19,20,23). The third-order valence-electron chi connectivity index (χ3n) is 3.44. The van der Waals surface area contributed by atoms with Gasteiger partial charge in [0.2, 0.25) is 0 Å². The fraction of sp³-hybridized carbons (Fsp3) is 0.412. The number of ether oxygens (including phenoxy) is 2. The first-order valence-corrected chi connectivity index (χ1v) is 7.99. The monoisotopic (exact) mass is 347 g/mol. The second kappa shape index (κ2) is 9.53. The van der Waals surface area contributed by atoms with Crippen molar-refractivity contribution in [3.05, 3.63) is 40.4 Å². The number of nitrogens with one attached hydrogen (secondary N) is 2. The van der Waals surface area contributed by atoms with Gasteiger partial charge in [-0.25, -0.2) is 4.98 Å². The zero-order valence-corrected chi connectivity index (χ0v) is 14.0. The Balaban J connectivity index is 1.76. The highest BCUT2D eigenvalue weighted by Gasteiger charge is 2.09. The van der Waals surface area contributed by atoms with Gasteiger partial charge in [-0.3, -0.25) is 14.4 Å². The Morgan fingerprint density at radius 2 is 2.08 bits per heavy atom. The largest absolute Gasteiger partial charge is 0.456 e. The molecule has 0 aliphatic rings. The van der Waals surface area contributed by atoms with Gasteiger partial charge >= 0.3 is 5.97 Å². The number of aryl methyl sites for hydroxylation is 1. The second-order valence-corrected chi connectivity index (χ2v) is 5.39. The Morgan fingerprint density at radius 1 is 1.28 bits per heavy atom. The number of hydrogen-bond acceptors (Lipinski definition) is 6. The van der Waals surface area contributed by atoms with Crippen molar-refractivity contribution in [2.45, 2.75) is 19.3 Å². The normalized spacial score (nSPS) is 10.6. The molecule has 1 heterocycles. The molecule has 0 spiro atoms. The molecule has 2 aromatic rings. The summed E-state index contributed by atoms with van der Waals surface area (Å²) in [4.78, 5) is 42.1. The first kappa shape index (κ1) is 18.6. The SMILES string of the molecule is COCCCNC(=O)COC(=O)CCc1nc2ccccc2c(=O)[nH]1. The number of aromatic amines is 1. The first-order valence-electron chi connectivity index (χ1n) is 7.99. The van der Waals surface area contributed by atoms with Crippen LogP contribution >= 0.6 is 0 Å². The van der Waals surface area contributed by atoms with E-state index in [9.17, 15) is 14.4 Å². The number of fused-ring (bicyclic) bond motifs is 1. The molecule has 1 amide bonds. The van der Waals surface area contributed by atoms with Gasteiger partial charge in [-0.15, -0.1) is 0 Å². The van der Waals surface area contributed by atoms with Crippen LogP contribution in [0.15, 0.2) is 29.1 Å². The number of hydrogen-bond donors (Lipinski definition) is 2. The topological polar surface area (TPSA) is 110 Å². The Labute approximate surface area is 144 Å². The molecule has 0 saturated heterocycles. The van der Waals surface area contributed by atoms with Gasteiger partial charge in [0.05, 0.1) is 17.3 Å². The smallest absolute Gasteiger partial charge is 0.306 e. The molecule has 25 heavy (non-hydrogen) atoms. The van der Waals surface area contributed by atoms with Gasteiger partial charge in [0.15, 0.2) is 6.61 Å². The highest BCUT2D eigenvalue weighted by atomic mass is 16.5. The van der Waals surface area contributed by atoms with E-state index in [0.29, 0.717) is 36.3 Å². The first-order chi connectivity index (χ1) is 12.1. The summed E-state index contributed by atoms with van der Waals surface area (Å²) in [6, 6.07) is 6.97. The number of methoxy groups -OCH3 is 1. The molecule has 8 nitrogen and oxygen atoms in total. The predicted octanol–water partition coefficient (Wildman–Crippen LogP) is 0.552. The third-order valence-corrected chi connectivity index (χ3v) is 3.44. The van der Waals surface area contributed by atoms with Gasteiger partial charge in [-0.1, -0.05) is 12.1 Å². The molecule has 0 saturated carbocycles. The Kier molecular flexibility index (Phi) is 7.09. The maximum atomic E-state index is 11.9. The summed E-state index contributed by atoms with van der Waals surface area (Å²) in [7, 11) is 1.58. The van der Waals surface area contributed by atoms with Crippen LogP contribution in [0.5, 0.6) is 0 Å².